The van der Waals surface area contributed by atoms with E-state index in [4.69, 9.17) is 5.11 Å². The third kappa shape index (κ3) is 4.77. The maximum atomic E-state index is 11.4. The minimum atomic E-state index is -0.777. The van der Waals surface area contributed by atoms with Crippen molar-refractivity contribution < 1.29 is 19.5 Å². The third-order valence-electron chi connectivity index (χ3n) is 2.69. The van der Waals surface area contributed by atoms with Gasteiger partial charge < -0.3 is 14.8 Å². The van der Waals surface area contributed by atoms with E-state index in [1.807, 2.05) is 0 Å². The molecule has 1 heterocycles. The molecule has 0 aromatic carbocycles. The van der Waals surface area contributed by atoms with Crippen LogP contribution in [0, 0.1) is 0 Å². The molecule has 1 N–H and O–H groups in total. The highest BCUT2D eigenvalue weighted by Gasteiger charge is 2.29. The molecule has 0 unspecified atom stereocenters. The Balaban J connectivity index is 2.11. The standard InChI is InChI=1S/C11H17NO4S/c13-8-9-3-4-10(14)12(9)5-7-17-6-1-2-11(15)16/h8-9H,1-7H2,(H,15,16)/t9-/m1/s1. The number of carboxylic acid groups (broad SMARTS) is 1. The van der Waals surface area contributed by atoms with Gasteiger partial charge in [0.1, 0.15) is 6.29 Å². The van der Waals surface area contributed by atoms with Crippen molar-refractivity contribution in [2.24, 2.45) is 0 Å². The van der Waals surface area contributed by atoms with Crippen LogP contribution in [-0.4, -0.2) is 52.3 Å². The van der Waals surface area contributed by atoms with E-state index in [-0.39, 0.29) is 18.4 Å². The van der Waals surface area contributed by atoms with Crippen LogP contribution in [0.3, 0.4) is 0 Å². The van der Waals surface area contributed by atoms with Gasteiger partial charge in [0.15, 0.2) is 0 Å². The van der Waals surface area contributed by atoms with Crippen molar-refractivity contribution in [2.45, 2.75) is 31.7 Å². The molecule has 17 heavy (non-hydrogen) atoms. The Hall–Kier alpha value is -1.04. The zero-order valence-electron chi connectivity index (χ0n) is 9.63. The number of rotatable bonds is 8. The lowest BCUT2D eigenvalue weighted by atomic mass is 10.2. The summed E-state index contributed by atoms with van der Waals surface area (Å²) in [6.45, 7) is 0.583. The fourth-order valence-electron chi connectivity index (χ4n) is 1.78. The van der Waals surface area contributed by atoms with Crippen LogP contribution in [0.2, 0.25) is 0 Å². The molecule has 0 bridgehead atoms. The zero-order chi connectivity index (χ0) is 12.7. The summed E-state index contributed by atoms with van der Waals surface area (Å²) in [5.74, 6) is 0.810. The molecule has 1 aliphatic rings. The number of aliphatic carboxylic acids is 1. The first-order chi connectivity index (χ1) is 8.15. The number of hydrogen-bond donors (Lipinski definition) is 1. The molecular weight excluding hydrogens is 242 g/mol. The van der Waals surface area contributed by atoms with Crippen molar-refractivity contribution in [3.05, 3.63) is 0 Å². The predicted molar refractivity (Wildman–Crippen MR) is 65.0 cm³/mol. The number of carboxylic acids is 1. The number of likely N-dealkylation sites (tertiary alicyclic amines) is 1. The largest absolute Gasteiger partial charge is 0.481 e. The fourth-order valence-corrected chi connectivity index (χ4v) is 2.66. The average molecular weight is 259 g/mol. The van der Waals surface area contributed by atoms with Gasteiger partial charge in [0, 0.05) is 25.1 Å². The molecule has 0 radical (unpaired) electrons. The number of aldehydes is 1. The quantitative estimate of drug-likeness (QED) is 0.515. The molecule has 1 aliphatic heterocycles. The molecule has 0 aliphatic carbocycles. The van der Waals surface area contributed by atoms with Crippen molar-refractivity contribution >= 4 is 29.9 Å². The monoisotopic (exact) mass is 259 g/mol. The number of thioether (sulfide) groups is 1. The molecule has 0 saturated carbocycles. The lowest BCUT2D eigenvalue weighted by Crippen LogP contribution is -2.35. The van der Waals surface area contributed by atoms with Crippen molar-refractivity contribution in [1.82, 2.24) is 4.90 Å². The molecule has 1 amide bonds. The molecule has 0 spiro atoms. The van der Waals surface area contributed by atoms with Crippen LogP contribution in [-0.2, 0) is 14.4 Å². The highest BCUT2D eigenvalue weighted by atomic mass is 32.2. The number of amides is 1. The number of carbonyl (C=O) groups is 3. The summed E-state index contributed by atoms with van der Waals surface area (Å²) in [6.07, 6.45) is 2.76. The lowest BCUT2D eigenvalue weighted by molar-refractivity contribution is -0.137. The van der Waals surface area contributed by atoms with E-state index in [1.54, 1.807) is 16.7 Å². The van der Waals surface area contributed by atoms with Gasteiger partial charge in [-0.25, -0.2) is 0 Å². The molecular formula is C11H17NO4S. The molecule has 1 atom stereocenters. The Kier molecular flexibility index (Phi) is 6.04. The Bertz CT molecular complexity index is 295. The summed E-state index contributed by atoms with van der Waals surface area (Å²) in [5, 5.41) is 8.44. The van der Waals surface area contributed by atoms with Gasteiger partial charge in [-0.15, -0.1) is 0 Å². The van der Waals surface area contributed by atoms with Crippen LogP contribution >= 0.6 is 11.8 Å². The molecule has 96 valence electrons. The second-order valence-electron chi connectivity index (χ2n) is 3.94. The van der Waals surface area contributed by atoms with Gasteiger partial charge in [0.2, 0.25) is 5.91 Å². The van der Waals surface area contributed by atoms with Crippen LogP contribution in [0.4, 0.5) is 0 Å². The first-order valence-electron chi connectivity index (χ1n) is 5.69. The van der Waals surface area contributed by atoms with Gasteiger partial charge in [-0.3, -0.25) is 9.59 Å². The van der Waals surface area contributed by atoms with Gasteiger partial charge in [-0.1, -0.05) is 0 Å². The summed E-state index contributed by atoms with van der Waals surface area (Å²) in [5.41, 5.74) is 0. The Labute approximate surface area is 105 Å². The molecule has 6 heteroatoms. The topological polar surface area (TPSA) is 74.7 Å². The normalized spacial score (nSPS) is 19.6. The maximum Gasteiger partial charge on any atom is 0.303 e. The van der Waals surface area contributed by atoms with Crippen LogP contribution in [0.15, 0.2) is 0 Å². The zero-order valence-corrected chi connectivity index (χ0v) is 10.4. The van der Waals surface area contributed by atoms with Crippen LogP contribution in [0.1, 0.15) is 25.7 Å². The van der Waals surface area contributed by atoms with Gasteiger partial charge in [0.25, 0.3) is 0 Å². The third-order valence-corrected chi connectivity index (χ3v) is 3.74. The lowest BCUT2D eigenvalue weighted by Gasteiger charge is -2.20. The second kappa shape index (κ2) is 7.32. The van der Waals surface area contributed by atoms with Gasteiger partial charge in [-0.05, 0) is 18.6 Å². The van der Waals surface area contributed by atoms with E-state index in [1.165, 1.54) is 0 Å². The number of nitrogens with zero attached hydrogens (tertiary/aromatic N) is 1. The molecule has 0 aromatic heterocycles. The van der Waals surface area contributed by atoms with E-state index in [0.717, 1.165) is 17.8 Å². The maximum absolute atomic E-state index is 11.4. The van der Waals surface area contributed by atoms with Gasteiger partial charge in [-0.2, -0.15) is 11.8 Å². The number of carbonyl (C=O) groups excluding carboxylic acids is 2. The van der Waals surface area contributed by atoms with E-state index in [2.05, 4.69) is 0 Å². The summed E-state index contributed by atoms with van der Waals surface area (Å²) < 4.78 is 0. The second-order valence-corrected chi connectivity index (χ2v) is 5.16. The minimum absolute atomic E-state index is 0.0493. The molecule has 1 fully saturated rings. The Morgan fingerprint density at radius 3 is 2.94 bits per heavy atom. The van der Waals surface area contributed by atoms with Gasteiger partial charge in [0.05, 0.1) is 6.04 Å². The van der Waals surface area contributed by atoms with Crippen LogP contribution in [0.25, 0.3) is 0 Å². The Morgan fingerprint density at radius 2 is 2.29 bits per heavy atom. The summed E-state index contributed by atoms with van der Waals surface area (Å²) >= 11 is 1.62. The SMILES string of the molecule is O=C[C@H]1CCC(=O)N1CCSCCCC(=O)O. The minimum Gasteiger partial charge on any atom is -0.481 e. The molecule has 0 aromatic rings. The van der Waals surface area contributed by atoms with Crippen molar-refractivity contribution in [2.75, 3.05) is 18.1 Å². The predicted octanol–water partition coefficient (Wildman–Crippen LogP) is 0.774. The van der Waals surface area contributed by atoms with Gasteiger partial charge >= 0.3 is 5.97 Å². The number of hydrogen-bond acceptors (Lipinski definition) is 4. The van der Waals surface area contributed by atoms with Crippen LogP contribution < -0.4 is 0 Å². The summed E-state index contributed by atoms with van der Waals surface area (Å²) in [4.78, 5) is 34.0. The first-order valence-corrected chi connectivity index (χ1v) is 6.85. The van der Waals surface area contributed by atoms with E-state index < -0.39 is 5.97 Å². The van der Waals surface area contributed by atoms with E-state index in [9.17, 15) is 14.4 Å². The van der Waals surface area contributed by atoms with Crippen LogP contribution in [0.5, 0.6) is 0 Å². The molecule has 1 rings (SSSR count). The van der Waals surface area contributed by atoms with Crippen molar-refractivity contribution in [3.8, 4) is 0 Å². The van der Waals surface area contributed by atoms with E-state index >= 15 is 0 Å². The fraction of sp³-hybridized carbons (Fsp3) is 0.727. The van der Waals surface area contributed by atoms with E-state index in [0.29, 0.717) is 25.8 Å². The highest BCUT2D eigenvalue weighted by Crippen LogP contribution is 2.17. The Morgan fingerprint density at radius 1 is 1.53 bits per heavy atom. The molecule has 1 saturated heterocycles. The summed E-state index contributed by atoms with van der Waals surface area (Å²) in [7, 11) is 0. The summed E-state index contributed by atoms with van der Waals surface area (Å²) in [6, 6.07) is -0.248. The molecule has 5 nitrogen and oxygen atoms in total. The first kappa shape index (κ1) is 14.0. The van der Waals surface area contributed by atoms with Crippen molar-refractivity contribution in [1.29, 1.82) is 0 Å². The highest BCUT2D eigenvalue weighted by molar-refractivity contribution is 7.99. The average Bonchev–Trinajstić information content (AvgIpc) is 2.64. The smallest absolute Gasteiger partial charge is 0.303 e. The van der Waals surface area contributed by atoms with Crippen molar-refractivity contribution in [3.63, 3.8) is 0 Å².